The smallest absolute Gasteiger partial charge is 0.251 e. The van der Waals surface area contributed by atoms with Crippen LogP contribution in [0.2, 0.25) is 5.02 Å². The number of hydrogen-bond donors (Lipinski definition) is 2. The zero-order valence-electron chi connectivity index (χ0n) is 11.8. The van der Waals surface area contributed by atoms with Gasteiger partial charge < -0.3 is 19.9 Å². The van der Waals surface area contributed by atoms with Crippen molar-refractivity contribution < 1.29 is 9.90 Å². The molecule has 0 radical (unpaired) electrons. The van der Waals surface area contributed by atoms with E-state index in [-0.39, 0.29) is 5.91 Å². The minimum Gasteiger partial charge on any atom is -0.384 e. The van der Waals surface area contributed by atoms with Crippen LogP contribution in [-0.2, 0) is 4.79 Å². The van der Waals surface area contributed by atoms with Gasteiger partial charge >= 0.3 is 0 Å². The van der Waals surface area contributed by atoms with Crippen LogP contribution >= 0.6 is 11.6 Å². The zero-order valence-corrected chi connectivity index (χ0v) is 12.6. The molecule has 3 rings (SSSR count). The minimum atomic E-state index is -0.931. The Labute approximate surface area is 128 Å². The molecule has 0 bridgehead atoms. The minimum absolute atomic E-state index is 0.201. The van der Waals surface area contributed by atoms with Crippen molar-refractivity contribution in [1.29, 1.82) is 0 Å². The second-order valence-corrected chi connectivity index (χ2v) is 5.79. The molecule has 2 aromatic rings. The van der Waals surface area contributed by atoms with Crippen molar-refractivity contribution in [2.75, 3.05) is 31.1 Å². The van der Waals surface area contributed by atoms with Gasteiger partial charge in [-0.15, -0.1) is 0 Å². The quantitative estimate of drug-likeness (QED) is 0.890. The summed E-state index contributed by atoms with van der Waals surface area (Å²) in [7, 11) is 0. The first-order chi connectivity index (χ1) is 10.1. The van der Waals surface area contributed by atoms with Gasteiger partial charge in [0.05, 0.1) is 0 Å². The maximum atomic E-state index is 11.8. The molecule has 1 atom stereocenters. The molecule has 1 aromatic heterocycles. The standard InChI is InChI=1S/C15H18ClN3O2/c1-10(20)15(21)19-6-4-18(5-7-19)14-9-11(16)8-13-12(14)2-3-17-13/h2-3,8-10,17,20H,4-7H2,1H3. The monoisotopic (exact) mass is 307 g/mol. The molecule has 1 aliphatic rings. The fourth-order valence-corrected chi connectivity index (χ4v) is 3.02. The second kappa shape index (κ2) is 5.58. The van der Waals surface area contributed by atoms with Crippen molar-refractivity contribution in [3.05, 3.63) is 29.4 Å². The van der Waals surface area contributed by atoms with Gasteiger partial charge in [0.1, 0.15) is 6.10 Å². The predicted molar refractivity (Wildman–Crippen MR) is 83.8 cm³/mol. The first-order valence-corrected chi connectivity index (χ1v) is 7.42. The van der Waals surface area contributed by atoms with E-state index < -0.39 is 6.10 Å². The number of anilines is 1. The molecule has 2 heterocycles. The largest absolute Gasteiger partial charge is 0.384 e. The molecular weight excluding hydrogens is 290 g/mol. The van der Waals surface area contributed by atoms with Crippen LogP contribution in [-0.4, -0.2) is 53.2 Å². The highest BCUT2D eigenvalue weighted by Gasteiger charge is 2.24. The summed E-state index contributed by atoms with van der Waals surface area (Å²) < 4.78 is 0. The number of carbonyl (C=O) groups is 1. The van der Waals surface area contributed by atoms with Crippen LogP contribution in [0.1, 0.15) is 6.92 Å². The van der Waals surface area contributed by atoms with E-state index in [1.54, 1.807) is 4.90 Å². The number of piperazine rings is 1. The number of aliphatic hydroxyl groups excluding tert-OH is 1. The van der Waals surface area contributed by atoms with E-state index in [4.69, 9.17) is 11.6 Å². The SMILES string of the molecule is CC(O)C(=O)N1CCN(c2cc(Cl)cc3[nH]ccc23)CC1. The summed E-state index contributed by atoms with van der Waals surface area (Å²) in [4.78, 5) is 18.9. The highest BCUT2D eigenvalue weighted by Crippen LogP contribution is 2.31. The van der Waals surface area contributed by atoms with E-state index in [1.165, 1.54) is 6.92 Å². The molecule has 5 nitrogen and oxygen atoms in total. The Hall–Kier alpha value is -1.72. The highest BCUT2D eigenvalue weighted by molar-refractivity contribution is 6.31. The normalized spacial score (nSPS) is 17.3. The number of nitrogens with zero attached hydrogens (tertiary/aromatic N) is 2. The number of rotatable bonds is 2. The van der Waals surface area contributed by atoms with Crippen LogP contribution < -0.4 is 4.90 Å². The Morgan fingerprint density at radius 1 is 1.33 bits per heavy atom. The number of benzene rings is 1. The summed E-state index contributed by atoms with van der Waals surface area (Å²) in [5.41, 5.74) is 2.10. The molecule has 1 aromatic carbocycles. The van der Waals surface area contributed by atoms with E-state index in [0.29, 0.717) is 18.1 Å². The molecular formula is C15H18ClN3O2. The van der Waals surface area contributed by atoms with Gasteiger partial charge in [-0.05, 0) is 25.1 Å². The number of aromatic nitrogens is 1. The number of halogens is 1. The van der Waals surface area contributed by atoms with Crippen LogP contribution in [0.15, 0.2) is 24.4 Å². The topological polar surface area (TPSA) is 59.6 Å². The van der Waals surface area contributed by atoms with Crippen LogP contribution in [0.25, 0.3) is 10.9 Å². The van der Waals surface area contributed by atoms with Gasteiger partial charge in [0.15, 0.2) is 0 Å². The second-order valence-electron chi connectivity index (χ2n) is 5.35. The molecule has 6 heteroatoms. The van der Waals surface area contributed by atoms with Crippen LogP contribution in [0.4, 0.5) is 5.69 Å². The molecule has 21 heavy (non-hydrogen) atoms. The lowest BCUT2D eigenvalue weighted by molar-refractivity contribution is -0.139. The van der Waals surface area contributed by atoms with E-state index in [9.17, 15) is 9.90 Å². The lowest BCUT2D eigenvalue weighted by Gasteiger charge is -2.37. The number of aliphatic hydroxyl groups is 1. The summed E-state index contributed by atoms with van der Waals surface area (Å²) in [5.74, 6) is -0.201. The summed E-state index contributed by atoms with van der Waals surface area (Å²) in [6, 6.07) is 5.91. The number of amides is 1. The van der Waals surface area contributed by atoms with Crippen molar-refractivity contribution in [2.45, 2.75) is 13.0 Å². The lowest BCUT2D eigenvalue weighted by Crippen LogP contribution is -2.51. The molecule has 1 aliphatic heterocycles. The Morgan fingerprint density at radius 3 is 2.71 bits per heavy atom. The van der Waals surface area contributed by atoms with E-state index >= 15 is 0 Å². The maximum absolute atomic E-state index is 11.8. The van der Waals surface area contributed by atoms with Crippen molar-refractivity contribution in [3.63, 3.8) is 0 Å². The molecule has 0 saturated carbocycles. The van der Waals surface area contributed by atoms with Crippen LogP contribution in [0.5, 0.6) is 0 Å². The van der Waals surface area contributed by atoms with Crippen molar-refractivity contribution in [1.82, 2.24) is 9.88 Å². The molecule has 1 unspecified atom stereocenters. The summed E-state index contributed by atoms with van der Waals surface area (Å²) >= 11 is 6.18. The third kappa shape index (κ3) is 2.71. The third-order valence-electron chi connectivity index (χ3n) is 3.90. The molecule has 112 valence electrons. The van der Waals surface area contributed by atoms with Gasteiger partial charge in [0, 0.05) is 54.0 Å². The first kappa shape index (κ1) is 14.2. The van der Waals surface area contributed by atoms with Gasteiger partial charge in [0.25, 0.3) is 5.91 Å². The first-order valence-electron chi connectivity index (χ1n) is 7.04. The Balaban J connectivity index is 1.80. The lowest BCUT2D eigenvalue weighted by atomic mass is 10.1. The van der Waals surface area contributed by atoms with Gasteiger partial charge in [-0.2, -0.15) is 0 Å². The van der Waals surface area contributed by atoms with Crippen molar-refractivity contribution >= 4 is 34.1 Å². The fourth-order valence-electron chi connectivity index (χ4n) is 2.81. The molecule has 1 fully saturated rings. The van der Waals surface area contributed by atoms with Gasteiger partial charge in [-0.25, -0.2) is 0 Å². The Bertz CT molecular complexity index is 660. The number of hydrogen-bond acceptors (Lipinski definition) is 3. The summed E-state index contributed by atoms with van der Waals surface area (Å²) in [5, 5.41) is 11.2. The predicted octanol–water partition coefficient (Wildman–Crippen LogP) is 1.85. The van der Waals surface area contributed by atoms with E-state index in [0.717, 1.165) is 29.7 Å². The number of carbonyl (C=O) groups excluding carboxylic acids is 1. The van der Waals surface area contributed by atoms with Crippen molar-refractivity contribution in [3.8, 4) is 0 Å². The average Bonchev–Trinajstić information content (AvgIpc) is 2.93. The number of H-pyrrole nitrogens is 1. The number of fused-ring (bicyclic) bond motifs is 1. The Kier molecular flexibility index (Phi) is 3.78. The van der Waals surface area contributed by atoms with E-state index in [1.807, 2.05) is 24.4 Å². The van der Waals surface area contributed by atoms with Crippen LogP contribution in [0.3, 0.4) is 0 Å². The molecule has 1 amide bonds. The maximum Gasteiger partial charge on any atom is 0.251 e. The number of aromatic amines is 1. The van der Waals surface area contributed by atoms with Gasteiger partial charge in [-0.1, -0.05) is 11.6 Å². The molecule has 2 N–H and O–H groups in total. The van der Waals surface area contributed by atoms with E-state index in [2.05, 4.69) is 9.88 Å². The summed E-state index contributed by atoms with van der Waals surface area (Å²) in [6.07, 6.45) is 0.969. The van der Waals surface area contributed by atoms with Gasteiger partial charge in [0.2, 0.25) is 0 Å². The highest BCUT2D eigenvalue weighted by atomic mass is 35.5. The third-order valence-corrected chi connectivity index (χ3v) is 4.12. The molecule has 0 spiro atoms. The average molecular weight is 308 g/mol. The fraction of sp³-hybridized carbons (Fsp3) is 0.400. The van der Waals surface area contributed by atoms with Gasteiger partial charge in [-0.3, -0.25) is 4.79 Å². The Morgan fingerprint density at radius 2 is 2.05 bits per heavy atom. The molecule has 0 aliphatic carbocycles. The van der Waals surface area contributed by atoms with Crippen LogP contribution in [0, 0.1) is 0 Å². The molecule has 1 saturated heterocycles. The van der Waals surface area contributed by atoms with Crippen molar-refractivity contribution in [2.24, 2.45) is 0 Å². The summed E-state index contributed by atoms with van der Waals surface area (Å²) in [6.45, 7) is 4.21. The number of nitrogens with one attached hydrogen (secondary N) is 1. The zero-order chi connectivity index (χ0) is 15.0.